The Balaban J connectivity index is 1.39. The van der Waals surface area contributed by atoms with Crippen LogP contribution in [0.15, 0.2) is 69.0 Å². The van der Waals surface area contributed by atoms with Crippen molar-refractivity contribution in [2.45, 2.75) is 23.1 Å². The number of hydrogen-bond donors (Lipinski definition) is 1. The number of carbonyl (C=O) groups excluding carboxylic acids is 1. The van der Waals surface area contributed by atoms with Gasteiger partial charge in [0.15, 0.2) is 6.61 Å². The van der Waals surface area contributed by atoms with Crippen molar-refractivity contribution in [1.82, 2.24) is 9.47 Å². The number of thiophene rings is 1. The lowest BCUT2D eigenvalue weighted by Crippen LogP contribution is -2.50. The molecule has 10 heteroatoms. The van der Waals surface area contributed by atoms with Crippen molar-refractivity contribution in [1.29, 1.82) is 0 Å². The Hall–Kier alpha value is -3.11. The van der Waals surface area contributed by atoms with E-state index in [0.717, 1.165) is 17.8 Å². The fraction of sp³-hybridized carbons (Fsp3) is 0.304. The first kappa shape index (κ1) is 21.7. The number of hydrogen-bond acceptors (Lipinski definition) is 6. The minimum Gasteiger partial charge on any atom is -0.484 e. The third kappa shape index (κ3) is 4.40. The Morgan fingerprint density at radius 1 is 1.06 bits per heavy atom. The Morgan fingerprint density at radius 3 is 2.64 bits per heavy atom. The molecule has 0 radical (unpaired) electrons. The molecular weight excluding hydrogens is 462 g/mol. The van der Waals surface area contributed by atoms with Crippen LogP contribution in [0.4, 0.5) is 5.69 Å². The second-order valence-corrected chi connectivity index (χ2v) is 11.2. The number of anilines is 1. The van der Waals surface area contributed by atoms with Gasteiger partial charge in [-0.1, -0.05) is 24.3 Å². The predicted octanol–water partition coefficient (Wildman–Crippen LogP) is 2.74. The zero-order chi connectivity index (χ0) is 23.0. The summed E-state index contributed by atoms with van der Waals surface area (Å²) < 4.78 is 35.8. The van der Waals surface area contributed by atoms with Crippen LogP contribution < -0.4 is 15.0 Å². The van der Waals surface area contributed by atoms with Gasteiger partial charge in [-0.25, -0.2) is 8.42 Å². The topological polar surface area (TPSA) is 97.7 Å². The van der Waals surface area contributed by atoms with Crippen molar-refractivity contribution in [3.63, 3.8) is 0 Å². The number of pyridine rings is 1. The van der Waals surface area contributed by atoms with Crippen LogP contribution in [0.2, 0.25) is 0 Å². The van der Waals surface area contributed by atoms with Gasteiger partial charge in [-0.3, -0.25) is 14.3 Å². The maximum atomic E-state index is 12.9. The Labute approximate surface area is 195 Å². The van der Waals surface area contributed by atoms with E-state index in [2.05, 4.69) is 4.72 Å². The molecule has 0 saturated carbocycles. The van der Waals surface area contributed by atoms with Crippen molar-refractivity contribution in [2.75, 3.05) is 24.4 Å². The zero-order valence-corrected chi connectivity index (χ0v) is 19.3. The second kappa shape index (κ2) is 8.68. The number of sulfonamides is 1. The van der Waals surface area contributed by atoms with Gasteiger partial charge in [0, 0.05) is 31.6 Å². The monoisotopic (exact) mass is 485 g/mol. The van der Waals surface area contributed by atoms with Gasteiger partial charge in [0.2, 0.25) is 0 Å². The van der Waals surface area contributed by atoms with Crippen molar-refractivity contribution < 1.29 is 17.9 Å². The minimum atomic E-state index is -3.76. The molecule has 1 N–H and O–H groups in total. The molecule has 1 fully saturated rings. The number of ether oxygens (including phenoxy) is 1. The summed E-state index contributed by atoms with van der Waals surface area (Å²) in [4.78, 5) is 27.2. The van der Waals surface area contributed by atoms with Crippen molar-refractivity contribution >= 4 is 33.0 Å². The lowest BCUT2D eigenvalue weighted by Gasteiger charge is -2.43. The van der Waals surface area contributed by atoms with Crippen LogP contribution >= 0.6 is 11.3 Å². The lowest BCUT2D eigenvalue weighted by atomic mass is 9.82. The molecule has 2 aliphatic rings. The summed E-state index contributed by atoms with van der Waals surface area (Å²) in [5, 5.41) is 1.70. The molecule has 5 rings (SSSR count). The molecule has 8 nitrogen and oxygen atoms in total. The van der Waals surface area contributed by atoms with Gasteiger partial charge in [0.05, 0.1) is 11.4 Å². The normalized spacial score (nSPS) is 19.6. The van der Waals surface area contributed by atoms with Crippen LogP contribution in [0.3, 0.4) is 0 Å². The molecule has 1 saturated heterocycles. The van der Waals surface area contributed by atoms with Crippen molar-refractivity contribution in [2.24, 2.45) is 5.92 Å². The van der Waals surface area contributed by atoms with Crippen LogP contribution in [0.5, 0.6) is 5.75 Å². The maximum absolute atomic E-state index is 12.9. The first-order valence-electron chi connectivity index (χ1n) is 10.7. The van der Waals surface area contributed by atoms with E-state index in [1.807, 2.05) is 18.2 Å². The molecule has 2 aliphatic heterocycles. The van der Waals surface area contributed by atoms with E-state index in [1.54, 1.807) is 39.1 Å². The van der Waals surface area contributed by atoms with E-state index >= 15 is 0 Å². The molecule has 0 spiro atoms. The third-order valence-corrected chi connectivity index (χ3v) is 8.82. The Bertz CT molecular complexity index is 1320. The number of nitrogens with zero attached hydrogens (tertiary/aromatic N) is 2. The smallest absolute Gasteiger partial charge is 0.271 e. The van der Waals surface area contributed by atoms with Crippen molar-refractivity contribution in [3.05, 3.63) is 76.0 Å². The van der Waals surface area contributed by atoms with E-state index < -0.39 is 10.0 Å². The standard InChI is InChI=1S/C23H23N3O5S2/c27-20-9-8-19(24-33(29,30)22-7-4-10-32-22)23-17-11-16(13-26(20)23)12-25(14-17)21(28)15-31-18-5-2-1-3-6-18/h1-10,16-17,24H,11-15H2/t16-,17+/m0/s1. The number of nitrogens with one attached hydrogen (secondary N) is 1. The molecule has 1 aromatic carbocycles. The van der Waals surface area contributed by atoms with Crippen LogP contribution in [-0.4, -0.2) is 43.5 Å². The number of aromatic nitrogens is 1. The minimum absolute atomic E-state index is 0.0666. The second-order valence-electron chi connectivity index (χ2n) is 8.32. The van der Waals surface area contributed by atoms with E-state index in [4.69, 9.17) is 4.74 Å². The highest BCUT2D eigenvalue weighted by molar-refractivity contribution is 7.94. The molecule has 172 valence electrons. The fourth-order valence-corrected chi connectivity index (χ4v) is 6.74. The number of benzene rings is 1. The first-order valence-corrected chi connectivity index (χ1v) is 13.0. The summed E-state index contributed by atoms with van der Waals surface area (Å²) in [6.45, 7) is 1.33. The van der Waals surface area contributed by atoms with Crippen LogP contribution in [0.1, 0.15) is 18.0 Å². The number of carbonyl (C=O) groups is 1. The SMILES string of the molecule is O=C(COc1ccccc1)N1C[C@@H]2C[C@H](C1)c1c(NS(=O)(=O)c3cccs3)ccc(=O)n1C2. The summed E-state index contributed by atoms with van der Waals surface area (Å²) in [6.07, 6.45) is 0.792. The molecule has 3 aromatic rings. The zero-order valence-electron chi connectivity index (χ0n) is 17.7. The summed E-state index contributed by atoms with van der Waals surface area (Å²) >= 11 is 1.13. The van der Waals surface area contributed by atoms with E-state index in [-0.39, 0.29) is 34.1 Å². The van der Waals surface area contributed by atoms with Gasteiger partial charge in [0.1, 0.15) is 9.96 Å². The van der Waals surface area contributed by atoms with Gasteiger partial charge in [-0.15, -0.1) is 11.3 Å². The van der Waals surface area contributed by atoms with E-state index in [0.29, 0.717) is 36.8 Å². The van der Waals surface area contributed by atoms with Crippen LogP contribution in [0.25, 0.3) is 0 Å². The number of para-hydroxylation sites is 1. The average Bonchev–Trinajstić information content (AvgIpc) is 3.36. The predicted molar refractivity (Wildman–Crippen MR) is 125 cm³/mol. The lowest BCUT2D eigenvalue weighted by molar-refractivity contribution is -0.136. The summed E-state index contributed by atoms with van der Waals surface area (Å²) in [7, 11) is -3.76. The molecule has 2 bridgehead atoms. The number of fused-ring (bicyclic) bond motifs is 4. The van der Waals surface area contributed by atoms with Gasteiger partial charge in [0.25, 0.3) is 21.5 Å². The average molecular weight is 486 g/mol. The summed E-state index contributed by atoms with van der Waals surface area (Å²) in [5.41, 5.74) is 0.868. The highest BCUT2D eigenvalue weighted by Gasteiger charge is 2.38. The number of likely N-dealkylation sites (tertiary alicyclic amines) is 1. The van der Waals surface area contributed by atoms with Crippen LogP contribution in [0, 0.1) is 5.92 Å². The molecule has 4 heterocycles. The molecule has 33 heavy (non-hydrogen) atoms. The third-order valence-electron chi connectivity index (χ3n) is 6.05. The molecule has 0 aliphatic carbocycles. The molecular formula is C23H23N3O5S2. The first-order chi connectivity index (χ1) is 15.9. The molecule has 1 amide bonds. The van der Waals surface area contributed by atoms with Crippen LogP contribution in [-0.2, 0) is 21.4 Å². The van der Waals surface area contributed by atoms with Gasteiger partial charge in [-0.2, -0.15) is 0 Å². The highest BCUT2D eigenvalue weighted by Crippen LogP contribution is 2.39. The molecule has 2 atom stereocenters. The largest absolute Gasteiger partial charge is 0.484 e. The number of rotatable bonds is 6. The van der Waals surface area contributed by atoms with Gasteiger partial charge >= 0.3 is 0 Å². The summed E-state index contributed by atoms with van der Waals surface area (Å²) in [6, 6.07) is 15.3. The fourth-order valence-electron chi connectivity index (χ4n) is 4.67. The summed E-state index contributed by atoms with van der Waals surface area (Å²) in [5.74, 6) is 0.484. The Morgan fingerprint density at radius 2 is 1.88 bits per heavy atom. The number of amides is 1. The van der Waals surface area contributed by atoms with E-state index in [1.165, 1.54) is 12.1 Å². The van der Waals surface area contributed by atoms with Gasteiger partial charge < -0.3 is 14.2 Å². The van der Waals surface area contributed by atoms with Gasteiger partial charge in [-0.05, 0) is 42.0 Å². The Kier molecular flexibility index (Phi) is 5.71. The van der Waals surface area contributed by atoms with E-state index in [9.17, 15) is 18.0 Å². The number of piperidine rings is 1. The highest BCUT2D eigenvalue weighted by atomic mass is 32.2. The quantitative estimate of drug-likeness (QED) is 0.579. The van der Waals surface area contributed by atoms with Crippen molar-refractivity contribution in [3.8, 4) is 5.75 Å². The maximum Gasteiger partial charge on any atom is 0.271 e. The molecule has 0 unspecified atom stereocenters. The molecule has 2 aromatic heterocycles.